The van der Waals surface area contributed by atoms with Crippen molar-refractivity contribution in [3.05, 3.63) is 65.8 Å². The van der Waals surface area contributed by atoms with E-state index in [9.17, 15) is 22.4 Å². The first kappa shape index (κ1) is 20.5. The molecule has 3 aromatic heterocycles. The summed E-state index contributed by atoms with van der Waals surface area (Å²) in [5.74, 6) is -0.995. The number of halogens is 4. The van der Waals surface area contributed by atoms with E-state index < -0.39 is 23.5 Å². The molecular weight excluding hydrogens is 428 g/mol. The van der Waals surface area contributed by atoms with Crippen LogP contribution in [0.25, 0.3) is 5.69 Å². The van der Waals surface area contributed by atoms with Gasteiger partial charge in [0.15, 0.2) is 17.2 Å². The summed E-state index contributed by atoms with van der Waals surface area (Å²) in [5.41, 5.74) is -0.405. The highest BCUT2D eigenvalue weighted by molar-refractivity contribution is 5.96. The van der Waals surface area contributed by atoms with E-state index >= 15 is 0 Å². The van der Waals surface area contributed by atoms with Crippen LogP contribution in [0.4, 0.5) is 17.6 Å². The second-order valence-corrected chi connectivity index (χ2v) is 8.06. The van der Waals surface area contributed by atoms with E-state index in [0.717, 1.165) is 36.0 Å². The fraction of sp³-hybridized carbons (Fsp3) is 0.381. The highest BCUT2D eigenvalue weighted by Gasteiger charge is 2.49. The van der Waals surface area contributed by atoms with Crippen LogP contribution in [0.1, 0.15) is 41.0 Å². The van der Waals surface area contributed by atoms with Crippen molar-refractivity contribution in [2.45, 2.75) is 43.9 Å². The average Bonchev–Trinajstić information content (AvgIpc) is 3.49. The Labute approximate surface area is 180 Å². The first-order chi connectivity index (χ1) is 15.3. The third-order valence-electron chi connectivity index (χ3n) is 6.22. The molecule has 2 fully saturated rings. The van der Waals surface area contributed by atoms with E-state index in [1.807, 2.05) is 0 Å². The highest BCUT2D eigenvalue weighted by atomic mass is 19.4. The van der Waals surface area contributed by atoms with Crippen LogP contribution in [0.2, 0.25) is 0 Å². The number of amides is 1. The Hall–Kier alpha value is -3.37. The molecule has 7 nitrogen and oxygen atoms in total. The number of rotatable bonds is 4. The van der Waals surface area contributed by atoms with Gasteiger partial charge >= 0.3 is 6.18 Å². The summed E-state index contributed by atoms with van der Waals surface area (Å²) in [6.07, 6.45) is 3.17. The van der Waals surface area contributed by atoms with Crippen LogP contribution < -0.4 is 0 Å². The smallest absolute Gasteiger partial charge is 0.331 e. The molecule has 1 amide bonds. The molecule has 2 aliphatic rings. The number of hydrogen-bond donors (Lipinski definition) is 0. The number of hydrogen-bond acceptors (Lipinski definition) is 5. The number of alkyl halides is 3. The Kier molecular flexibility index (Phi) is 4.90. The van der Waals surface area contributed by atoms with Crippen molar-refractivity contribution in [3.8, 4) is 5.69 Å². The van der Waals surface area contributed by atoms with Crippen LogP contribution >= 0.6 is 0 Å². The Morgan fingerprint density at radius 1 is 1.06 bits per heavy atom. The number of fused-ring (bicyclic) bond motifs is 2. The van der Waals surface area contributed by atoms with E-state index in [1.165, 1.54) is 24.7 Å². The van der Waals surface area contributed by atoms with Gasteiger partial charge in [0, 0.05) is 30.2 Å². The maximum absolute atomic E-state index is 14.6. The van der Waals surface area contributed by atoms with Crippen molar-refractivity contribution in [2.24, 2.45) is 5.92 Å². The molecule has 2 saturated heterocycles. The van der Waals surface area contributed by atoms with E-state index in [0.29, 0.717) is 18.5 Å². The molecule has 5 heterocycles. The number of carbonyl (C=O) groups excluding carboxylic acids is 1. The van der Waals surface area contributed by atoms with E-state index in [-0.39, 0.29) is 29.4 Å². The summed E-state index contributed by atoms with van der Waals surface area (Å²) in [6, 6.07) is 3.41. The van der Waals surface area contributed by atoms with Crippen molar-refractivity contribution < 1.29 is 22.4 Å². The maximum atomic E-state index is 14.6. The van der Waals surface area contributed by atoms with Gasteiger partial charge in [0.05, 0.1) is 18.0 Å². The van der Waals surface area contributed by atoms with Crippen LogP contribution in [-0.4, -0.2) is 47.9 Å². The number of carbonyl (C=O) groups is 1. The standard InChI is InChI=1S/C21H18F4N6O/c22-16-5-6-26-18(19(16)31-28-7-8-29-31)20(32)30-15-3-4-17(30)12(10-15)9-14-2-1-13(11-27-14)21(23,24)25/h1-2,5-8,11-12,15,17H,3-4,9-10H2. The molecule has 0 radical (unpaired) electrons. The quantitative estimate of drug-likeness (QED) is 0.574. The largest absolute Gasteiger partial charge is 0.417 e. The third kappa shape index (κ3) is 3.51. The summed E-state index contributed by atoms with van der Waals surface area (Å²) in [7, 11) is 0. The van der Waals surface area contributed by atoms with Crippen LogP contribution in [0, 0.1) is 11.7 Å². The van der Waals surface area contributed by atoms with E-state index in [4.69, 9.17) is 0 Å². The van der Waals surface area contributed by atoms with E-state index in [2.05, 4.69) is 20.2 Å². The zero-order valence-corrected chi connectivity index (χ0v) is 16.7. The molecular formula is C21H18F4N6O. The first-order valence-corrected chi connectivity index (χ1v) is 10.2. The normalized spacial score (nSPS) is 22.5. The van der Waals surface area contributed by atoms with Gasteiger partial charge in [0.1, 0.15) is 0 Å². The van der Waals surface area contributed by atoms with Crippen molar-refractivity contribution >= 4 is 5.91 Å². The summed E-state index contributed by atoms with van der Waals surface area (Å²) in [6.45, 7) is 0. The number of aromatic nitrogens is 5. The lowest BCUT2D eigenvalue weighted by Gasteiger charge is -2.25. The number of pyridine rings is 2. The molecule has 0 saturated carbocycles. The predicted octanol–water partition coefficient (Wildman–Crippen LogP) is 3.45. The SMILES string of the molecule is O=C(c1nccc(F)c1-n1nccn1)N1C2CCC1C(Cc1ccc(C(F)(F)F)cn1)C2. The summed E-state index contributed by atoms with van der Waals surface area (Å²) < 4.78 is 52.9. The molecule has 0 N–H and O–H groups in total. The van der Waals surface area contributed by atoms with Crippen molar-refractivity contribution in [2.75, 3.05) is 0 Å². The lowest BCUT2D eigenvalue weighted by Crippen LogP contribution is -2.38. The summed E-state index contributed by atoms with van der Waals surface area (Å²) >= 11 is 0. The second kappa shape index (κ2) is 7.64. The van der Waals surface area contributed by atoms with Crippen LogP contribution in [0.3, 0.4) is 0 Å². The van der Waals surface area contributed by atoms with Gasteiger partial charge in [-0.2, -0.15) is 23.4 Å². The summed E-state index contributed by atoms with van der Waals surface area (Å²) in [4.78, 5) is 24.3. The van der Waals surface area contributed by atoms with Gasteiger partial charge in [-0.25, -0.2) is 9.37 Å². The van der Waals surface area contributed by atoms with Gasteiger partial charge in [0.25, 0.3) is 5.91 Å². The fourth-order valence-electron chi connectivity index (χ4n) is 4.86. The van der Waals surface area contributed by atoms with Crippen LogP contribution in [0.5, 0.6) is 0 Å². The monoisotopic (exact) mass is 446 g/mol. The molecule has 0 aliphatic carbocycles. The minimum atomic E-state index is -4.43. The molecule has 5 rings (SSSR count). The second-order valence-electron chi connectivity index (χ2n) is 8.06. The van der Waals surface area contributed by atoms with Crippen molar-refractivity contribution in [3.63, 3.8) is 0 Å². The zero-order chi connectivity index (χ0) is 22.5. The Balaban J connectivity index is 1.38. The Morgan fingerprint density at radius 2 is 1.84 bits per heavy atom. The van der Waals surface area contributed by atoms with Gasteiger partial charge in [-0.15, -0.1) is 4.80 Å². The van der Waals surface area contributed by atoms with Gasteiger partial charge < -0.3 is 4.90 Å². The van der Waals surface area contributed by atoms with E-state index in [1.54, 1.807) is 4.90 Å². The van der Waals surface area contributed by atoms with Gasteiger partial charge in [0.2, 0.25) is 0 Å². The molecule has 2 aliphatic heterocycles. The molecule has 3 atom stereocenters. The fourth-order valence-corrected chi connectivity index (χ4v) is 4.86. The lowest BCUT2D eigenvalue weighted by molar-refractivity contribution is -0.137. The highest BCUT2D eigenvalue weighted by Crippen LogP contribution is 2.44. The minimum absolute atomic E-state index is 0.0320. The summed E-state index contributed by atoms with van der Waals surface area (Å²) in [5, 5.41) is 7.86. The maximum Gasteiger partial charge on any atom is 0.417 e. The predicted molar refractivity (Wildman–Crippen MR) is 103 cm³/mol. The van der Waals surface area contributed by atoms with Crippen molar-refractivity contribution in [1.29, 1.82) is 0 Å². The number of nitrogens with zero attached hydrogens (tertiary/aromatic N) is 6. The third-order valence-corrected chi connectivity index (χ3v) is 6.22. The molecule has 32 heavy (non-hydrogen) atoms. The molecule has 3 unspecified atom stereocenters. The molecule has 0 aromatic carbocycles. The molecule has 2 bridgehead atoms. The van der Waals surface area contributed by atoms with Gasteiger partial charge in [-0.05, 0) is 49.8 Å². The van der Waals surface area contributed by atoms with Gasteiger partial charge in [-0.3, -0.25) is 9.78 Å². The van der Waals surface area contributed by atoms with Crippen LogP contribution in [0.15, 0.2) is 43.0 Å². The zero-order valence-electron chi connectivity index (χ0n) is 16.7. The first-order valence-electron chi connectivity index (χ1n) is 10.2. The minimum Gasteiger partial charge on any atom is -0.331 e. The Morgan fingerprint density at radius 3 is 2.53 bits per heavy atom. The topological polar surface area (TPSA) is 76.8 Å². The Bertz CT molecular complexity index is 1130. The molecule has 11 heteroatoms. The average molecular weight is 446 g/mol. The molecule has 166 valence electrons. The molecule has 3 aromatic rings. The van der Waals surface area contributed by atoms with Crippen LogP contribution in [-0.2, 0) is 12.6 Å². The van der Waals surface area contributed by atoms with Gasteiger partial charge in [-0.1, -0.05) is 0 Å². The molecule has 0 spiro atoms. The van der Waals surface area contributed by atoms with Crippen molar-refractivity contribution in [1.82, 2.24) is 29.9 Å². The lowest BCUT2D eigenvalue weighted by atomic mass is 9.86.